The normalized spacial score (nSPS) is 14.2. The Labute approximate surface area is 160 Å². The van der Waals surface area contributed by atoms with Gasteiger partial charge in [0.05, 0.1) is 19.6 Å². The summed E-state index contributed by atoms with van der Waals surface area (Å²) in [5.41, 5.74) is -0.742. The van der Waals surface area contributed by atoms with E-state index in [2.05, 4.69) is 20.3 Å². The molecule has 1 aromatic carbocycles. The Hall–Kier alpha value is -2.78. The second-order valence-electron chi connectivity index (χ2n) is 7.64. The van der Waals surface area contributed by atoms with E-state index in [1.165, 1.54) is 7.11 Å². The summed E-state index contributed by atoms with van der Waals surface area (Å²) in [7, 11) is 1.24. The van der Waals surface area contributed by atoms with Gasteiger partial charge in [-0.3, -0.25) is 4.79 Å². The molecule has 1 aliphatic rings. The number of carbonyl (C=O) groups is 2. The van der Waals surface area contributed by atoms with Crippen LogP contribution in [0.5, 0.6) is 0 Å². The van der Waals surface area contributed by atoms with E-state index < -0.39 is 35.2 Å². The van der Waals surface area contributed by atoms with E-state index in [0.717, 1.165) is 4.80 Å². The summed E-state index contributed by atoms with van der Waals surface area (Å²) >= 11 is 0. The minimum Gasteiger partial charge on any atom is -0.469 e. The van der Waals surface area contributed by atoms with Gasteiger partial charge in [0, 0.05) is 6.54 Å². The fourth-order valence-corrected chi connectivity index (χ4v) is 3.19. The summed E-state index contributed by atoms with van der Waals surface area (Å²) in [6.45, 7) is 5.46. The Morgan fingerprint density at radius 3 is 2.14 bits per heavy atom. The van der Waals surface area contributed by atoms with Gasteiger partial charge in [0.2, 0.25) is 0 Å². The summed E-state index contributed by atoms with van der Waals surface area (Å²) in [5, 5.41) is 10.5. The lowest BCUT2D eigenvalue weighted by Crippen LogP contribution is -2.34. The maximum Gasteiger partial charge on any atom is 0.407 e. The molecule has 1 aromatic heterocycles. The lowest BCUT2D eigenvalue weighted by Gasteiger charge is -2.19. The van der Waals surface area contributed by atoms with Gasteiger partial charge in [0.1, 0.15) is 5.60 Å². The fourth-order valence-electron chi connectivity index (χ4n) is 3.19. The molecule has 1 heterocycles. The lowest BCUT2D eigenvalue weighted by molar-refractivity contribution is -0.145. The van der Waals surface area contributed by atoms with Crippen LogP contribution in [-0.4, -0.2) is 46.3 Å². The number of esters is 1. The molecule has 1 aliphatic carbocycles. The molecule has 3 rings (SSSR count). The van der Waals surface area contributed by atoms with Crippen molar-refractivity contribution in [1.82, 2.24) is 20.3 Å². The molecular weight excluding hydrogens is 374 g/mol. The topological polar surface area (TPSA) is 95.3 Å². The molecule has 0 radical (unpaired) electrons. The van der Waals surface area contributed by atoms with Gasteiger partial charge >= 0.3 is 12.1 Å². The molecule has 152 valence electrons. The van der Waals surface area contributed by atoms with Crippen LogP contribution in [-0.2, 0) is 33.7 Å². The molecule has 0 spiro atoms. The molecule has 10 heteroatoms. The van der Waals surface area contributed by atoms with Gasteiger partial charge in [0.15, 0.2) is 22.7 Å². The Bertz CT molecular complexity index is 887. The average molecular weight is 396 g/mol. The second-order valence-corrected chi connectivity index (χ2v) is 7.64. The SMILES string of the molecule is COC(=O)C1Cc2c(c(F)c3nn(CCNC(=O)OC(C)(C)C)nc3c2F)C1. The van der Waals surface area contributed by atoms with Crippen molar-refractivity contribution in [2.24, 2.45) is 5.92 Å². The van der Waals surface area contributed by atoms with Crippen LogP contribution in [0, 0.1) is 17.6 Å². The van der Waals surface area contributed by atoms with E-state index >= 15 is 0 Å². The smallest absolute Gasteiger partial charge is 0.407 e. The zero-order chi connectivity index (χ0) is 20.6. The van der Waals surface area contributed by atoms with Crippen LogP contribution in [0.4, 0.5) is 13.6 Å². The van der Waals surface area contributed by atoms with Crippen LogP contribution in [0.2, 0.25) is 0 Å². The van der Waals surface area contributed by atoms with Crippen molar-refractivity contribution >= 4 is 23.1 Å². The van der Waals surface area contributed by atoms with Crippen LogP contribution in [0.15, 0.2) is 0 Å². The van der Waals surface area contributed by atoms with E-state index in [4.69, 9.17) is 4.74 Å². The minimum absolute atomic E-state index is 0.0633. The number of hydrogen-bond donors (Lipinski definition) is 1. The largest absolute Gasteiger partial charge is 0.469 e. The molecule has 28 heavy (non-hydrogen) atoms. The molecule has 1 N–H and O–H groups in total. The number of ether oxygens (including phenoxy) is 2. The molecule has 0 saturated heterocycles. The maximum atomic E-state index is 14.8. The van der Waals surface area contributed by atoms with E-state index in [1.807, 2.05) is 0 Å². The predicted molar refractivity (Wildman–Crippen MR) is 94.6 cm³/mol. The van der Waals surface area contributed by atoms with Crippen molar-refractivity contribution in [1.29, 1.82) is 0 Å². The molecule has 0 unspecified atom stereocenters. The first kappa shape index (κ1) is 20.0. The van der Waals surface area contributed by atoms with E-state index in [0.29, 0.717) is 0 Å². The number of fused-ring (bicyclic) bond motifs is 2. The first-order chi connectivity index (χ1) is 13.1. The van der Waals surface area contributed by atoms with Crippen molar-refractivity contribution in [3.8, 4) is 0 Å². The van der Waals surface area contributed by atoms with Gasteiger partial charge < -0.3 is 14.8 Å². The number of carbonyl (C=O) groups excluding carboxylic acids is 2. The molecule has 1 amide bonds. The van der Waals surface area contributed by atoms with Crippen molar-refractivity contribution in [2.45, 2.75) is 45.8 Å². The van der Waals surface area contributed by atoms with Gasteiger partial charge in [-0.15, -0.1) is 0 Å². The van der Waals surface area contributed by atoms with Gasteiger partial charge in [0.25, 0.3) is 0 Å². The number of benzene rings is 1. The van der Waals surface area contributed by atoms with E-state index in [-0.39, 0.29) is 48.1 Å². The summed E-state index contributed by atoms with van der Waals surface area (Å²) in [6.07, 6.45) is -0.476. The number of rotatable bonds is 4. The first-order valence-corrected chi connectivity index (χ1v) is 8.89. The molecule has 0 fully saturated rings. The Kier molecular flexibility index (Phi) is 5.22. The van der Waals surface area contributed by atoms with Crippen LogP contribution < -0.4 is 5.32 Å². The molecule has 8 nitrogen and oxygen atoms in total. The van der Waals surface area contributed by atoms with Gasteiger partial charge in [-0.05, 0) is 44.7 Å². The van der Waals surface area contributed by atoms with Gasteiger partial charge in [-0.1, -0.05) is 0 Å². The van der Waals surface area contributed by atoms with Crippen molar-refractivity contribution in [2.75, 3.05) is 13.7 Å². The standard InChI is InChI=1S/C18H22F2N4O4/c1-18(2,3)28-17(26)21-5-6-24-22-14-12(19)10-7-9(16(25)27-4)8-11(10)13(20)15(14)23-24/h9H,5-8H2,1-4H3,(H,21,26). The molecule has 0 aliphatic heterocycles. The highest BCUT2D eigenvalue weighted by atomic mass is 19.1. The summed E-state index contributed by atoms with van der Waals surface area (Å²) in [5.74, 6) is -2.46. The highest BCUT2D eigenvalue weighted by Crippen LogP contribution is 2.35. The van der Waals surface area contributed by atoms with Crippen LogP contribution in [0.3, 0.4) is 0 Å². The third kappa shape index (κ3) is 3.90. The zero-order valence-electron chi connectivity index (χ0n) is 16.1. The third-order valence-corrected chi connectivity index (χ3v) is 4.38. The second kappa shape index (κ2) is 7.33. The zero-order valence-corrected chi connectivity index (χ0v) is 16.1. The number of halogens is 2. The van der Waals surface area contributed by atoms with Gasteiger partial charge in [-0.2, -0.15) is 15.0 Å². The fraction of sp³-hybridized carbons (Fsp3) is 0.556. The van der Waals surface area contributed by atoms with Gasteiger partial charge in [-0.25, -0.2) is 13.6 Å². The van der Waals surface area contributed by atoms with E-state index in [9.17, 15) is 18.4 Å². The van der Waals surface area contributed by atoms with Crippen LogP contribution >= 0.6 is 0 Å². The number of amides is 1. The average Bonchev–Trinajstić information content (AvgIpc) is 3.22. The highest BCUT2D eigenvalue weighted by molar-refractivity contribution is 5.80. The van der Waals surface area contributed by atoms with Crippen molar-refractivity contribution < 1.29 is 27.8 Å². The number of hydrogen-bond acceptors (Lipinski definition) is 6. The van der Waals surface area contributed by atoms with Crippen molar-refractivity contribution in [3.05, 3.63) is 22.8 Å². The van der Waals surface area contributed by atoms with Crippen LogP contribution in [0.1, 0.15) is 31.9 Å². The highest BCUT2D eigenvalue weighted by Gasteiger charge is 2.35. The van der Waals surface area contributed by atoms with Crippen molar-refractivity contribution in [3.63, 3.8) is 0 Å². The number of aromatic nitrogens is 3. The molecule has 2 aromatic rings. The number of nitrogens with one attached hydrogen (secondary N) is 1. The summed E-state index contributed by atoms with van der Waals surface area (Å²) in [4.78, 5) is 24.5. The maximum absolute atomic E-state index is 14.8. The molecule has 0 atom stereocenters. The van der Waals surface area contributed by atoms with E-state index in [1.54, 1.807) is 20.8 Å². The minimum atomic E-state index is -0.677. The lowest BCUT2D eigenvalue weighted by atomic mass is 10.1. The Morgan fingerprint density at radius 2 is 1.68 bits per heavy atom. The number of nitrogens with zero attached hydrogens (tertiary/aromatic N) is 3. The summed E-state index contributed by atoms with van der Waals surface area (Å²) < 4.78 is 39.4. The Morgan fingerprint density at radius 1 is 1.14 bits per heavy atom. The third-order valence-electron chi connectivity index (χ3n) is 4.38. The summed E-state index contributed by atoms with van der Waals surface area (Å²) in [6, 6.07) is 0. The predicted octanol–water partition coefficient (Wildman–Crippen LogP) is 2.12. The monoisotopic (exact) mass is 396 g/mol. The molecule has 0 saturated carbocycles. The number of methoxy groups -OCH3 is 1. The number of alkyl carbamates (subject to hydrolysis) is 1. The Balaban J connectivity index is 1.75. The quantitative estimate of drug-likeness (QED) is 0.796. The first-order valence-electron chi connectivity index (χ1n) is 8.89. The molecular formula is C18H22F2N4O4. The van der Waals surface area contributed by atoms with Crippen LogP contribution in [0.25, 0.3) is 11.0 Å². The molecule has 0 bridgehead atoms.